The van der Waals surface area contributed by atoms with Crippen molar-refractivity contribution in [1.29, 1.82) is 0 Å². The minimum absolute atomic E-state index is 0.525. The van der Waals surface area contributed by atoms with Crippen LogP contribution < -0.4 is 0 Å². The first kappa shape index (κ1) is 17.5. The number of hydrogen-bond donors (Lipinski definition) is 0. The van der Waals surface area contributed by atoms with Crippen molar-refractivity contribution in [2.75, 3.05) is 13.2 Å². The molecule has 0 N–H and O–H groups in total. The molecule has 0 spiro atoms. The average molecular weight is 252 g/mol. The maximum absolute atomic E-state index is 5.83. The van der Waals surface area contributed by atoms with Gasteiger partial charge in [0.05, 0.1) is 6.61 Å². The molecule has 0 aliphatic rings. The fraction of sp³-hybridized carbons (Fsp3) is 0.824. The number of unbranched alkanes of at least 4 members (excludes halogenated alkanes) is 2. The molecule has 1 nitrogen and oxygen atoms in total. The van der Waals surface area contributed by atoms with Crippen molar-refractivity contribution >= 4 is 0 Å². The van der Waals surface area contributed by atoms with Gasteiger partial charge in [0.1, 0.15) is 0 Å². The monoisotopic (exact) mass is 252 g/mol. The normalized spacial score (nSPS) is 12.5. The van der Waals surface area contributed by atoms with Gasteiger partial charge < -0.3 is 4.74 Å². The smallest absolute Gasteiger partial charge is 0.0537 e. The first-order chi connectivity index (χ1) is 8.65. The Bertz CT molecular complexity index is 236. The Hall–Kier alpha value is -0.520. The zero-order chi connectivity index (χ0) is 13.8. The van der Waals surface area contributed by atoms with E-state index in [0.29, 0.717) is 11.8 Å². The molecule has 1 heteroatoms. The molecule has 0 amide bonds. The van der Waals surface area contributed by atoms with Crippen molar-refractivity contribution in [3.8, 4) is 0 Å². The van der Waals surface area contributed by atoms with Gasteiger partial charge in [-0.15, -0.1) is 5.73 Å². The highest BCUT2D eigenvalue weighted by Crippen LogP contribution is 2.23. The van der Waals surface area contributed by atoms with E-state index in [0.717, 1.165) is 19.6 Å². The van der Waals surface area contributed by atoms with E-state index < -0.39 is 0 Å². The molecule has 0 fully saturated rings. The van der Waals surface area contributed by atoms with Crippen LogP contribution in [-0.4, -0.2) is 13.2 Å². The Labute approximate surface area is 114 Å². The third-order valence-electron chi connectivity index (χ3n) is 3.20. The summed E-state index contributed by atoms with van der Waals surface area (Å²) >= 11 is 0. The van der Waals surface area contributed by atoms with Gasteiger partial charge >= 0.3 is 0 Å². The van der Waals surface area contributed by atoms with Crippen LogP contribution in [0.15, 0.2) is 17.9 Å². The molecule has 0 saturated carbocycles. The van der Waals surface area contributed by atoms with Gasteiger partial charge in [-0.2, -0.15) is 0 Å². The van der Waals surface area contributed by atoms with Crippen LogP contribution in [0.2, 0.25) is 0 Å². The lowest BCUT2D eigenvalue weighted by Crippen LogP contribution is -2.14. The molecule has 0 radical (unpaired) electrons. The molecule has 0 rings (SSSR count). The second-order valence-corrected chi connectivity index (χ2v) is 5.57. The van der Waals surface area contributed by atoms with Crippen molar-refractivity contribution in [3.05, 3.63) is 17.9 Å². The minimum Gasteiger partial charge on any atom is -0.381 e. The predicted molar refractivity (Wildman–Crippen MR) is 80.9 cm³/mol. The molecule has 0 bridgehead atoms. The maximum Gasteiger partial charge on any atom is 0.0537 e. The van der Waals surface area contributed by atoms with Gasteiger partial charge in [0, 0.05) is 12.5 Å². The van der Waals surface area contributed by atoms with E-state index >= 15 is 0 Å². The van der Waals surface area contributed by atoms with Crippen LogP contribution in [0.4, 0.5) is 0 Å². The Morgan fingerprint density at radius 2 is 1.89 bits per heavy atom. The quantitative estimate of drug-likeness (QED) is 0.355. The van der Waals surface area contributed by atoms with Gasteiger partial charge in [-0.05, 0) is 30.8 Å². The predicted octanol–water partition coefficient (Wildman–Crippen LogP) is 5.37. The zero-order valence-corrected chi connectivity index (χ0v) is 12.9. The fourth-order valence-electron chi connectivity index (χ4n) is 2.21. The third kappa shape index (κ3) is 8.55. The highest BCUT2D eigenvalue weighted by atomic mass is 16.5. The van der Waals surface area contributed by atoms with Gasteiger partial charge in [0.2, 0.25) is 0 Å². The van der Waals surface area contributed by atoms with Crippen LogP contribution in [0, 0.1) is 11.8 Å². The average Bonchev–Trinajstić information content (AvgIpc) is 2.34. The second kappa shape index (κ2) is 11.6. The van der Waals surface area contributed by atoms with Gasteiger partial charge in [-0.1, -0.05) is 53.5 Å². The summed E-state index contributed by atoms with van der Waals surface area (Å²) in [6.07, 6.45) is 7.21. The van der Waals surface area contributed by atoms with E-state index in [1.165, 1.54) is 37.7 Å². The Kier molecular flexibility index (Phi) is 11.2. The lowest BCUT2D eigenvalue weighted by Gasteiger charge is -2.20. The SMILES string of the molecule is C=C=C(CC(C)C)C(CCC)COCCCCC. The molecule has 106 valence electrons. The lowest BCUT2D eigenvalue weighted by atomic mass is 9.89. The highest BCUT2D eigenvalue weighted by molar-refractivity contribution is 5.05. The molecular weight excluding hydrogens is 220 g/mol. The van der Waals surface area contributed by atoms with Gasteiger partial charge in [0.25, 0.3) is 0 Å². The van der Waals surface area contributed by atoms with Crippen LogP contribution in [-0.2, 0) is 4.74 Å². The zero-order valence-electron chi connectivity index (χ0n) is 12.9. The van der Waals surface area contributed by atoms with Crippen molar-refractivity contribution in [2.24, 2.45) is 11.8 Å². The standard InChI is InChI=1S/C17H32O/c1-6-9-10-12-18-14-17(11-7-2)16(8-3)13-15(4)5/h15,17H,3,6-7,9-14H2,1-2,4-5H3. The fourth-order valence-corrected chi connectivity index (χ4v) is 2.21. The van der Waals surface area contributed by atoms with Gasteiger partial charge in [0.15, 0.2) is 0 Å². The first-order valence-corrected chi connectivity index (χ1v) is 7.62. The molecule has 18 heavy (non-hydrogen) atoms. The van der Waals surface area contributed by atoms with Gasteiger partial charge in [-0.25, -0.2) is 0 Å². The summed E-state index contributed by atoms with van der Waals surface area (Å²) < 4.78 is 5.83. The van der Waals surface area contributed by atoms with Crippen LogP contribution >= 0.6 is 0 Å². The Morgan fingerprint density at radius 1 is 1.17 bits per heavy atom. The van der Waals surface area contributed by atoms with Crippen molar-refractivity contribution < 1.29 is 4.74 Å². The van der Waals surface area contributed by atoms with Crippen molar-refractivity contribution in [2.45, 2.75) is 66.2 Å². The minimum atomic E-state index is 0.525. The summed E-state index contributed by atoms with van der Waals surface area (Å²) in [6, 6.07) is 0. The first-order valence-electron chi connectivity index (χ1n) is 7.62. The van der Waals surface area contributed by atoms with Crippen LogP contribution in [0.25, 0.3) is 0 Å². The van der Waals surface area contributed by atoms with E-state index in [2.05, 4.69) is 40.0 Å². The molecule has 0 aliphatic carbocycles. The van der Waals surface area contributed by atoms with E-state index in [1.807, 2.05) is 0 Å². The molecule has 0 aromatic carbocycles. The van der Waals surface area contributed by atoms with E-state index in [4.69, 9.17) is 4.74 Å². The van der Waals surface area contributed by atoms with E-state index in [-0.39, 0.29) is 0 Å². The number of rotatable bonds is 11. The van der Waals surface area contributed by atoms with Crippen LogP contribution in [0.3, 0.4) is 0 Å². The maximum atomic E-state index is 5.83. The summed E-state index contributed by atoms with van der Waals surface area (Å²) in [4.78, 5) is 0. The summed E-state index contributed by atoms with van der Waals surface area (Å²) in [7, 11) is 0. The van der Waals surface area contributed by atoms with E-state index in [1.54, 1.807) is 0 Å². The summed E-state index contributed by atoms with van der Waals surface area (Å²) in [5.74, 6) is 1.20. The number of hydrogen-bond acceptors (Lipinski definition) is 1. The topological polar surface area (TPSA) is 9.23 Å². The molecule has 0 saturated heterocycles. The summed E-state index contributed by atoms with van der Waals surface area (Å²) in [6.45, 7) is 14.6. The lowest BCUT2D eigenvalue weighted by molar-refractivity contribution is 0.102. The van der Waals surface area contributed by atoms with Crippen LogP contribution in [0.5, 0.6) is 0 Å². The number of ether oxygens (including phenoxy) is 1. The Balaban J connectivity index is 4.14. The highest BCUT2D eigenvalue weighted by Gasteiger charge is 2.14. The van der Waals surface area contributed by atoms with Crippen molar-refractivity contribution in [1.82, 2.24) is 0 Å². The molecular formula is C17H32O. The van der Waals surface area contributed by atoms with Crippen molar-refractivity contribution in [3.63, 3.8) is 0 Å². The van der Waals surface area contributed by atoms with Gasteiger partial charge in [-0.3, -0.25) is 0 Å². The van der Waals surface area contributed by atoms with E-state index in [9.17, 15) is 0 Å². The molecule has 0 aromatic heterocycles. The Morgan fingerprint density at radius 3 is 2.39 bits per heavy atom. The molecule has 0 heterocycles. The summed E-state index contributed by atoms with van der Waals surface area (Å²) in [5.41, 5.74) is 4.52. The summed E-state index contributed by atoms with van der Waals surface area (Å²) in [5, 5.41) is 0. The molecule has 0 aromatic rings. The molecule has 1 atom stereocenters. The third-order valence-corrected chi connectivity index (χ3v) is 3.20. The van der Waals surface area contributed by atoms with Crippen LogP contribution in [0.1, 0.15) is 66.2 Å². The largest absolute Gasteiger partial charge is 0.381 e. The molecule has 1 unspecified atom stereocenters. The second-order valence-electron chi connectivity index (χ2n) is 5.57. The molecule has 0 aliphatic heterocycles.